The lowest BCUT2D eigenvalue weighted by Gasteiger charge is -2.37. The van der Waals surface area contributed by atoms with Crippen LogP contribution in [0.1, 0.15) is 58.3 Å². The van der Waals surface area contributed by atoms with Gasteiger partial charge in [0.05, 0.1) is 19.6 Å². The zero-order valence-corrected chi connectivity index (χ0v) is 13.7. The number of carbonyl (C=O) groups is 1. The van der Waals surface area contributed by atoms with Crippen LogP contribution in [-0.2, 0) is 14.3 Å². The molecular weight excluding hydrogens is 266 g/mol. The van der Waals surface area contributed by atoms with Crippen molar-refractivity contribution in [3.05, 3.63) is 0 Å². The summed E-state index contributed by atoms with van der Waals surface area (Å²) in [5.74, 6) is 0.807. The van der Waals surface area contributed by atoms with Crippen molar-refractivity contribution >= 4 is 5.97 Å². The molecule has 4 heteroatoms. The number of ether oxygens (including phenoxy) is 2. The van der Waals surface area contributed by atoms with E-state index in [-0.39, 0.29) is 5.97 Å². The van der Waals surface area contributed by atoms with Crippen molar-refractivity contribution in [3.63, 3.8) is 0 Å². The second kappa shape index (κ2) is 8.74. The van der Waals surface area contributed by atoms with E-state index in [0.29, 0.717) is 18.6 Å². The zero-order valence-electron chi connectivity index (χ0n) is 13.7. The molecule has 1 saturated carbocycles. The van der Waals surface area contributed by atoms with Gasteiger partial charge in [0.1, 0.15) is 0 Å². The lowest BCUT2D eigenvalue weighted by molar-refractivity contribution is -0.141. The summed E-state index contributed by atoms with van der Waals surface area (Å²) in [5, 5.41) is 0. The molecule has 0 bridgehead atoms. The van der Waals surface area contributed by atoms with E-state index in [4.69, 9.17) is 9.47 Å². The fourth-order valence-electron chi connectivity index (χ4n) is 3.73. The average molecular weight is 297 g/mol. The van der Waals surface area contributed by atoms with Gasteiger partial charge in [-0.15, -0.1) is 0 Å². The van der Waals surface area contributed by atoms with E-state index < -0.39 is 0 Å². The largest absolute Gasteiger partial charge is 0.469 e. The van der Waals surface area contributed by atoms with Crippen LogP contribution in [0.25, 0.3) is 0 Å². The Morgan fingerprint density at radius 3 is 2.57 bits per heavy atom. The molecule has 0 aromatic rings. The standard InChI is InChI=1S/C17H31NO3/c1-3-14-6-8-15(9-7-14)18(11-10-17(19)20-2)13-16-5-4-12-21-16/h14-16H,3-13H2,1-2H3. The van der Waals surface area contributed by atoms with Crippen molar-refractivity contribution in [2.45, 2.75) is 70.4 Å². The highest BCUT2D eigenvalue weighted by molar-refractivity contribution is 5.69. The molecule has 122 valence electrons. The minimum atomic E-state index is -0.102. The number of nitrogens with zero attached hydrogens (tertiary/aromatic N) is 1. The van der Waals surface area contributed by atoms with Crippen LogP contribution in [0.4, 0.5) is 0 Å². The van der Waals surface area contributed by atoms with E-state index in [1.807, 2.05) is 0 Å². The van der Waals surface area contributed by atoms with Crippen LogP contribution in [0, 0.1) is 5.92 Å². The van der Waals surface area contributed by atoms with Gasteiger partial charge in [-0.1, -0.05) is 13.3 Å². The van der Waals surface area contributed by atoms with Crippen LogP contribution in [0.5, 0.6) is 0 Å². The first-order valence-corrected chi connectivity index (χ1v) is 8.65. The Kier molecular flexibility index (Phi) is 6.97. The Hall–Kier alpha value is -0.610. The Morgan fingerprint density at radius 1 is 1.24 bits per heavy atom. The minimum absolute atomic E-state index is 0.102. The summed E-state index contributed by atoms with van der Waals surface area (Å²) < 4.78 is 10.6. The van der Waals surface area contributed by atoms with Crippen molar-refractivity contribution in [3.8, 4) is 0 Å². The number of hydrogen-bond donors (Lipinski definition) is 0. The van der Waals surface area contributed by atoms with Gasteiger partial charge in [0.15, 0.2) is 0 Å². The fraction of sp³-hybridized carbons (Fsp3) is 0.941. The maximum Gasteiger partial charge on any atom is 0.306 e. The summed E-state index contributed by atoms with van der Waals surface area (Å²) in [6, 6.07) is 0.627. The molecule has 1 saturated heterocycles. The molecule has 2 rings (SSSR count). The lowest BCUT2D eigenvalue weighted by atomic mass is 9.83. The van der Waals surface area contributed by atoms with Gasteiger partial charge in [-0.3, -0.25) is 9.69 Å². The molecule has 2 aliphatic rings. The molecule has 0 amide bonds. The van der Waals surface area contributed by atoms with E-state index in [0.717, 1.165) is 25.6 Å². The van der Waals surface area contributed by atoms with Gasteiger partial charge in [-0.05, 0) is 44.4 Å². The first-order chi connectivity index (χ1) is 10.2. The van der Waals surface area contributed by atoms with E-state index in [9.17, 15) is 4.79 Å². The van der Waals surface area contributed by atoms with E-state index in [2.05, 4.69) is 11.8 Å². The van der Waals surface area contributed by atoms with Gasteiger partial charge in [0.25, 0.3) is 0 Å². The number of carbonyl (C=O) groups excluding carboxylic acids is 1. The van der Waals surface area contributed by atoms with Crippen molar-refractivity contribution in [1.29, 1.82) is 0 Å². The third-order valence-electron chi connectivity index (χ3n) is 5.20. The van der Waals surface area contributed by atoms with Gasteiger partial charge in [-0.25, -0.2) is 0 Å². The van der Waals surface area contributed by atoms with Crippen LogP contribution in [0.3, 0.4) is 0 Å². The molecule has 1 aliphatic carbocycles. The number of esters is 1. The molecular formula is C17H31NO3. The van der Waals surface area contributed by atoms with Crippen LogP contribution in [0.2, 0.25) is 0 Å². The average Bonchev–Trinajstić information content (AvgIpc) is 3.04. The molecule has 1 atom stereocenters. The van der Waals surface area contributed by atoms with Crippen LogP contribution < -0.4 is 0 Å². The van der Waals surface area contributed by atoms with Gasteiger partial charge < -0.3 is 9.47 Å². The highest BCUT2D eigenvalue weighted by Crippen LogP contribution is 2.30. The first-order valence-electron chi connectivity index (χ1n) is 8.65. The molecule has 4 nitrogen and oxygen atoms in total. The maximum atomic E-state index is 11.5. The summed E-state index contributed by atoms with van der Waals surface area (Å²) in [4.78, 5) is 14.0. The maximum absolute atomic E-state index is 11.5. The molecule has 2 fully saturated rings. The highest BCUT2D eigenvalue weighted by Gasteiger charge is 2.28. The summed E-state index contributed by atoms with van der Waals surface area (Å²) >= 11 is 0. The Labute approximate surface area is 129 Å². The number of methoxy groups -OCH3 is 1. The third-order valence-corrected chi connectivity index (χ3v) is 5.20. The van der Waals surface area contributed by atoms with Gasteiger partial charge >= 0.3 is 5.97 Å². The van der Waals surface area contributed by atoms with E-state index >= 15 is 0 Å². The minimum Gasteiger partial charge on any atom is -0.469 e. The van der Waals surface area contributed by atoms with Crippen molar-refractivity contribution < 1.29 is 14.3 Å². The van der Waals surface area contributed by atoms with Gasteiger partial charge in [-0.2, -0.15) is 0 Å². The summed E-state index contributed by atoms with van der Waals surface area (Å²) in [6.45, 7) is 5.00. The SMILES string of the molecule is CCC1CCC(N(CCC(=O)OC)CC2CCCO2)CC1. The molecule has 0 aromatic carbocycles. The molecule has 1 aliphatic heterocycles. The molecule has 0 N–H and O–H groups in total. The Balaban J connectivity index is 1.85. The topological polar surface area (TPSA) is 38.8 Å². The van der Waals surface area contributed by atoms with Crippen LogP contribution in [0.15, 0.2) is 0 Å². The molecule has 1 unspecified atom stereocenters. The predicted molar refractivity (Wildman–Crippen MR) is 83.2 cm³/mol. The highest BCUT2D eigenvalue weighted by atomic mass is 16.5. The monoisotopic (exact) mass is 297 g/mol. The smallest absolute Gasteiger partial charge is 0.306 e. The van der Waals surface area contributed by atoms with Crippen LogP contribution in [-0.4, -0.2) is 49.8 Å². The summed E-state index contributed by atoms with van der Waals surface area (Å²) in [6.07, 6.45) is 9.72. The van der Waals surface area contributed by atoms with Crippen molar-refractivity contribution in [2.24, 2.45) is 5.92 Å². The molecule has 0 spiro atoms. The quantitative estimate of drug-likeness (QED) is 0.677. The van der Waals surface area contributed by atoms with Crippen molar-refractivity contribution in [1.82, 2.24) is 4.90 Å². The number of hydrogen-bond acceptors (Lipinski definition) is 4. The van der Waals surface area contributed by atoms with Crippen molar-refractivity contribution in [2.75, 3.05) is 26.8 Å². The second-order valence-electron chi connectivity index (χ2n) is 6.54. The molecule has 0 radical (unpaired) electrons. The fourth-order valence-corrected chi connectivity index (χ4v) is 3.73. The predicted octanol–water partition coefficient (Wildman–Crippen LogP) is 3.00. The van der Waals surface area contributed by atoms with Crippen LogP contribution >= 0.6 is 0 Å². The third kappa shape index (κ3) is 5.26. The van der Waals surface area contributed by atoms with E-state index in [1.165, 1.54) is 52.1 Å². The normalized spacial score (nSPS) is 29.8. The Bertz CT molecular complexity index is 307. The molecule has 0 aromatic heterocycles. The van der Waals surface area contributed by atoms with Gasteiger partial charge in [0.2, 0.25) is 0 Å². The lowest BCUT2D eigenvalue weighted by Crippen LogP contribution is -2.43. The summed E-state index contributed by atoms with van der Waals surface area (Å²) in [7, 11) is 1.47. The summed E-state index contributed by atoms with van der Waals surface area (Å²) in [5.41, 5.74) is 0. The Morgan fingerprint density at radius 2 is 2.00 bits per heavy atom. The first kappa shape index (κ1) is 16.8. The second-order valence-corrected chi connectivity index (χ2v) is 6.54. The van der Waals surface area contributed by atoms with E-state index in [1.54, 1.807) is 0 Å². The molecule has 1 heterocycles. The zero-order chi connectivity index (χ0) is 15.1. The molecule has 21 heavy (non-hydrogen) atoms. The van der Waals surface area contributed by atoms with Gasteiger partial charge in [0, 0.05) is 25.7 Å². The number of rotatable bonds is 7.